The molecule has 1 fully saturated rings. The van der Waals surface area contributed by atoms with Crippen LogP contribution in [0.1, 0.15) is 13.3 Å². The maximum absolute atomic E-state index is 13.4. The summed E-state index contributed by atoms with van der Waals surface area (Å²) in [5.41, 5.74) is 1.04. The van der Waals surface area contributed by atoms with Crippen molar-refractivity contribution in [2.24, 2.45) is 0 Å². The molecule has 1 aliphatic heterocycles. The monoisotopic (exact) mass is 428 g/mol. The number of rotatable bonds is 4. The number of aromatic nitrogens is 2. The third kappa shape index (κ3) is 3.72. The Morgan fingerprint density at radius 2 is 1.57 bits per heavy atom. The zero-order valence-corrected chi connectivity index (χ0v) is 17.3. The van der Waals surface area contributed by atoms with Gasteiger partial charge in [-0.2, -0.15) is 0 Å². The van der Waals surface area contributed by atoms with Gasteiger partial charge < -0.3 is 9.80 Å². The second-order valence-corrected chi connectivity index (χ2v) is 8.88. The number of sulfone groups is 1. The van der Waals surface area contributed by atoms with Crippen molar-refractivity contribution in [3.05, 3.63) is 54.3 Å². The van der Waals surface area contributed by atoms with Gasteiger partial charge in [-0.15, -0.1) is 0 Å². The van der Waals surface area contributed by atoms with Gasteiger partial charge in [0.1, 0.15) is 5.82 Å². The zero-order chi connectivity index (χ0) is 21.3. The first kappa shape index (κ1) is 20.2. The maximum atomic E-state index is 13.4. The number of hydrogen-bond acceptors (Lipinski definition) is 6. The average molecular weight is 428 g/mol. The largest absolute Gasteiger partial charge is 0.351 e. The van der Waals surface area contributed by atoms with Gasteiger partial charge in [-0.25, -0.2) is 22.8 Å². The van der Waals surface area contributed by atoms with Crippen molar-refractivity contribution in [3.63, 3.8) is 0 Å². The lowest BCUT2D eigenvalue weighted by Gasteiger charge is -2.35. The van der Waals surface area contributed by atoms with Crippen LogP contribution in [0.2, 0.25) is 0 Å². The molecule has 2 heterocycles. The van der Waals surface area contributed by atoms with E-state index in [0.29, 0.717) is 43.6 Å². The summed E-state index contributed by atoms with van der Waals surface area (Å²) in [4.78, 5) is 24.6. The fraction of sp³-hybridized carbons (Fsp3) is 0.286. The molecule has 2 aromatic carbocycles. The predicted molar refractivity (Wildman–Crippen MR) is 110 cm³/mol. The van der Waals surface area contributed by atoms with Gasteiger partial charge in [0.2, 0.25) is 20.8 Å². The number of fused-ring (bicyclic) bond motifs is 1. The lowest BCUT2D eigenvalue weighted by molar-refractivity contribution is -0.131. The molecule has 0 atom stereocenters. The highest BCUT2D eigenvalue weighted by Gasteiger charge is 2.30. The van der Waals surface area contributed by atoms with Crippen molar-refractivity contribution in [2.45, 2.75) is 23.3 Å². The molecule has 7 nitrogen and oxygen atoms in total. The van der Waals surface area contributed by atoms with Crippen LogP contribution in [0.15, 0.2) is 58.5 Å². The predicted octanol–water partition coefficient (Wildman–Crippen LogP) is 2.66. The minimum absolute atomic E-state index is 0.0467. The summed E-state index contributed by atoms with van der Waals surface area (Å²) in [5.74, 6) is -0.199. The molecule has 0 saturated carbocycles. The van der Waals surface area contributed by atoms with Crippen LogP contribution < -0.4 is 4.90 Å². The molecule has 4 rings (SSSR count). The van der Waals surface area contributed by atoms with E-state index >= 15 is 0 Å². The van der Waals surface area contributed by atoms with Gasteiger partial charge in [0.05, 0.1) is 15.9 Å². The number of anilines is 1. The molecule has 30 heavy (non-hydrogen) atoms. The Morgan fingerprint density at radius 3 is 2.17 bits per heavy atom. The molecule has 0 bridgehead atoms. The highest BCUT2D eigenvalue weighted by molar-refractivity contribution is 7.91. The Kier molecular flexibility index (Phi) is 5.38. The Morgan fingerprint density at radius 1 is 0.967 bits per heavy atom. The van der Waals surface area contributed by atoms with Gasteiger partial charge in [-0.05, 0) is 36.4 Å². The molecule has 1 amide bonds. The van der Waals surface area contributed by atoms with Gasteiger partial charge in [0.25, 0.3) is 0 Å². The zero-order valence-electron chi connectivity index (χ0n) is 16.5. The van der Waals surface area contributed by atoms with Crippen LogP contribution >= 0.6 is 0 Å². The van der Waals surface area contributed by atoms with E-state index in [1.807, 2.05) is 17.9 Å². The normalized spacial score (nSPS) is 14.9. The van der Waals surface area contributed by atoms with Crippen molar-refractivity contribution in [2.75, 3.05) is 31.1 Å². The molecule has 0 aliphatic carbocycles. The molecule has 0 unspecified atom stereocenters. The van der Waals surface area contributed by atoms with E-state index in [-0.39, 0.29) is 21.6 Å². The van der Waals surface area contributed by atoms with Gasteiger partial charge in [0.15, 0.2) is 5.82 Å². The quantitative estimate of drug-likeness (QED) is 0.594. The van der Waals surface area contributed by atoms with Crippen LogP contribution in [0.4, 0.5) is 10.2 Å². The minimum Gasteiger partial charge on any atom is -0.351 e. The number of halogens is 1. The fourth-order valence-corrected chi connectivity index (χ4v) is 4.83. The number of piperazine rings is 1. The van der Waals surface area contributed by atoms with Gasteiger partial charge in [-0.1, -0.05) is 19.1 Å². The number of nitrogens with zero attached hydrogens (tertiary/aromatic N) is 4. The number of amides is 1. The van der Waals surface area contributed by atoms with E-state index in [1.54, 1.807) is 23.1 Å². The van der Waals surface area contributed by atoms with Gasteiger partial charge in [-0.3, -0.25) is 4.79 Å². The Balaban J connectivity index is 1.79. The van der Waals surface area contributed by atoms with E-state index in [9.17, 15) is 17.6 Å². The van der Waals surface area contributed by atoms with Gasteiger partial charge >= 0.3 is 0 Å². The molecule has 156 valence electrons. The third-order valence-corrected chi connectivity index (χ3v) is 6.81. The molecular weight excluding hydrogens is 407 g/mol. The summed E-state index contributed by atoms with van der Waals surface area (Å²) in [6, 6.07) is 11.7. The van der Waals surface area contributed by atoms with Crippen LogP contribution in [0.5, 0.6) is 0 Å². The van der Waals surface area contributed by atoms with E-state index < -0.39 is 15.7 Å². The SMILES string of the molecule is CCC(=O)N1CCN(c2nc3ccccc3nc2S(=O)(=O)c2ccc(F)cc2)CC1. The highest BCUT2D eigenvalue weighted by atomic mass is 32.2. The van der Waals surface area contributed by atoms with Crippen molar-refractivity contribution in [1.29, 1.82) is 0 Å². The van der Waals surface area contributed by atoms with Gasteiger partial charge in [0, 0.05) is 32.6 Å². The van der Waals surface area contributed by atoms with E-state index in [0.717, 1.165) is 12.1 Å². The summed E-state index contributed by atoms with van der Waals surface area (Å²) in [6.07, 6.45) is 0.431. The van der Waals surface area contributed by atoms with Crippen molar-refractivity contribution in [3.8, 4) is 0 Å². The number of hydrogen-bond donors (Lipinski definition) is 0. The van der Waals surface area contributed by atoms with Crippen molar-refractivity contribution >= 4 is 32.6 Å². The highest BCUT2D eigenvalue weighted by Crippen LogP contribution is 2.30. The molecule has 1 aliphatic rings. The van der Waals surface area contributed by atoms with E-state index in [1.165, 1.54) is 12.1 Å². The summed E-state index contributed by atoms with van der Waals surface area (Å²) >= 11 is 0. The van der Waals surface area contributed by atoms with Crippen LogP contribution in [0.25, 0.3) is 11.0 Å². The number of carbonyl (C=O) groups excluding carboxylic acids is 1. The number of para-hydroxylation sites is 2. The first-order valence-corrected chi connectivity index (χ1v) is 11.2. The minimum atomic E-state index is -4.02. The molecule has 9 heteroatoms. The second kappa shape index (κ2) is 7.98. The summed E-state index contributed by atoms with van der Waals surface area (Å²) < 4.78 is 40.0. The van der Waals surface area contributed by atoms with Crippen molar-refractivity contribution < 1.29 is 17.6 Å². The van der Waals surface area contributed by atoms with Crippen LogP contribution in [-0.2, 0) is 14.6 Å². The molecule has 1 saturated heterocycles. The Hall–Kier alpha value is -3.07. The van der Waals surface area contributed by atoms with Crippen LogP contribution in [0.3, 0.4) is 0 Å². The molecular formula is C21H21FN4O3S. The molecule has 0 radical (unpaired) electrons. The first-order valence-electron chi connectivity index (χ1n) is 9.70. The fourth-order valence-electron chi connectivity index (χ4n) is 3.48. The summed E-state index contributed by atoms with van der Waals surface area (Å²) in [7, 11) is -4.02. The number of benzene rings is 2. The topological polar surface area (TPSA) is 83.5 Å². The standard InChI is InChI=1S/C21H21FN4O3S/c1-2-19(27)25-11-13-26(14-12-25)20-21(24-18-6-4-3-5-17(18)23-20)30(28,29)16-9-7-15(22)8-10-16/h3-10H,2,11-14H2,1H3. The smallest absolute Gasteiger partial charge is 0.227 e. The Bertz CT molecular complexity index is 1190. The van der Waals surface area contributed by atoms with E-state index in [2.05, 4.69) is 9.97 Å². The Labute approximate surface area is 174 Å². The third-order valence-electron chi connectivity index (χ3n) is 5.13. The van der Waals surface area contributed by atoms with Crippen LogP contribution in [-0.4, -0.2) is 55.4 Å². The molecule has 3 aromatic rings. The molecule has 1 aromatic heterocycles. The lowest BCUT2D eigenvalue weighted by atomic mass is 10.2. The van der Waals surface area contributed by atoms with E-state index in [4.69, 9.17) is 0 Å². The first-order chi connectivity index (χ1) is 14.4. The number of carbonyl (C=O) groups is 1. The summed E-state index contributed by atoms with van der Waals surface area (Å²) in [6.45, 7) is 3.68. The molecule has 0 N–H and O–H groups in total. The lowest BCUT2D eigenvalue weighted by Crippen LogP contribution is -2.49. The molecule has 0 spiro atoms. The second-order valence-electron chi connectivity index (χ2n) is 7.02. The maximum Gasteiger partial charge on any atom is 0.227 e. The summed E-state index contributed by atoms with van der Waals surface area (Å²) in [5, 5.41) is -0.164. The van der Waals surface area contributed by atoms with Crippen LogP contribution in [0, 0.1) is 5.82 Å². The average Bonchev–Trinajstić information content (AvgIpc) is 2.78. The van der Waals surface area contributed by atoms with Crippen molar-refractivity contribution in [1.82, 2.24) is 14.9 Å².